The standard InChI is InChI=1S/C25H48NO8P/c1-3-5-7-8-9-10-11-12-13-14-16-18-25(28)34-23(21-31-24(27)17-15-6-4-2)22-33-35(29,30)32-20-19-26/h8-9,23H,3-7,10-22,26H2,1-2H3,(H,29,30)/b9-8-. The smallest absolute Gasteiger partial charge is 0.462 e. The molecule has 0 radical (unpaired) electrons. The minimum absolute atomic E-state index is 0.0529. The van der Waals surface area contributed by atoms with Crippen molar-refractivity contribution >= 4 is 19.8 Å². The van der Waals surface area contributed by atoms with Crippen LogP contribution in [-0.2, 0) is 32.7 Å². The summed E-state index contributed by atoms with van der Waals surface area (Å²) in [5.41, 5.74) is 5.26. The highest BCUT2D eigenvalue weighted by Gasteiger charge is 2.25. The molecular weight excluding hydrogens is 473 g/mol. The number of phosphoric acid groups is 1. The lowest BCUT2D eigenvalue weighted by molar-refractivity contribution is -0.161. The summed E-state index contributed by atoms with van der Waals surface area (Å²) in [4.78, 5) is 33.8. The highest BCUT2D eigenvalue weighted by molar-refractivity contribution is 7.47. The lowest BCUT2D eigenvalue weighted by Crippen LogP contribution is -2.29. The zero-order valence-corrected chi connectivity index (χ0v) is 22.7. The van der Waals surface area contributed by atoms with E-state index in [-0.39, 0.29) is 32.6 Å². The highest BCUT2D eigenvalue weighted by atomic mass is 31.2. The third kappa shape index (κ3) is 22.9. The van der Waals surface area contributed by atoms with Crippen molar-refractivity contribution in [3.8, 4) is 0 Å². The van der Waals surface area contributed by atoms with Gasteiger partial charge in [0.05, 0.1) is 13.2 Å². The number of hydrogen-bond donors (Lipinski definition) is 2. The molecule has 3 N–H and O–H groups in total. The van der Waals surface area contributed by atoms with Crippen molar-refractivity contribution in [2.75, 3.05) is 26.4 Å². The van der Waals surface area contributed by atoms with Crippen molar-refractivity contribution in [1.82, 2.24) is 0 Å². The molecule has 0 aromatic heterocycles. The Kier molecular flexibility index (Phi) is 22.3. The summed E-state index contributed by atoms with van der Waals surface area (Å²) in [5.74, 6) is -0.874. The van der Waals surface area contributed by atoms with Gasteiger partial charge in [-0.2, -0.15) is 0 Å². The van der Waals surface area contributed by atoms with Crippen molar-refractivity contribution in [3.05, 3.63) is 12.2 Å². The first kappa shape index (κ1) is 33.8. The molecule has 0 aromatic rings. The van der Waals surface area contributed by atoms with Crippen LogP contribution in [0.15, 0.2) is 12.2 Å². The summed E-state index contributed by atoms with van der Waals surface area (Å²) in [6, 6.07) is 0. The largest absolute Gasteiger partial charge is 0.472 e. The van der Waals surface area contributed by atoms with E-state index in [0.717, 1.165) is 51.4 Å². The molecule has 0 spiro atoms. The van der Waals surface area contributed by atoms with Crippen molar-refractivity contribution in [2.24, 2.45) is 5.73 Å². The second-order valence-corrected chi connectivity index (χ2v) is 10.0. The number of esters is 2. The van der Waals surface area contributed by atoms with Gasteiger partial charge >= 0.3 is 19.8 Å². The van der Waals surface area contributed by atoms with Gasteiger partial charge in [0.2, 0.25) is 0 Å². The molecule has 0 bridgehead atoms. The summed E-state index contributed by atoms with van der Waals surface area (Å²) < 4.78 is 32.0. The molecule has 0 aromatic carbocycles. The first-order valence-electron chi connectivity index (χ1n) is 13.2. The van der Waals surface area contributed by atoms with Crippen LogP contribution in [0.1, 0.15) is 104 Å². The molecule has 35 heavy (non-hydrogen) atoms. The Bertz CT molecular complexity index is 614. The average molecular weight is 522 g/mol. The second kappa shape index (κ2) is 23.2. The SMILES string of the molecule is CCCC/C=C\CCCCCCCC(=O)OC(COC(=O)CCCCC)COP(=O)(O)OCCN. The molecule has 2 atom stereocenters. The molecule has 0 amide bonds. The van der Waals surface area contributed by atoms with Gasteiger partial charge in [-0.3, -0.25) is 18.6 Å². The Morgan fingerprint density at radius 2 is 1.43 bits per heavy atom. The van der Waals surface area contributed by atoms with E-state index in [4.69, 9.17) is 19.7 Å². The summed E-state index contributed by atoms with van der Waals surface area (Å²) >= 11 is 0. The van der Waals surface area contributed by atoms with Gasteiger partial charge in [-0.15, -0.1) is 0 Å². The van der Waals surface area contributed by atoms with Crippen LogP contribution < -0.4 is 5.73 Å². The molecule has 9 nitrogen and oxygen atoms in total. The Labute approximate surface area is 211 Å². The lowest BCUT2D eigenvalue weighted by Gasteiger charge is -2.19. The number of phosphoric ester groups is 1. The Morgan fingerprint density at radius 1 is 0.829 bits per heavy atom. The van der Waals surface area contributed by atoms with Crippen LogP contribution >= 0.6 is 7.82 Å². The quantitative estimate of drug-likeness (QED) is 0.0721. The maximum atomic E-state index is 12.3. The van der Waals surface area contributed by atoms with Crippen molar-refractivity contribution in [2.45, 2.75) is 110 Å². The van der Waals surface area contributed by atoms with Gasteiger partial charge in [0.15, 0.2) is 6.10 Å². The molecule has 0 aliphatic rings. The van der Waals surface area contributed by atoms with E-state index in [1.165, 1.54) is 12.8 Å². The number of rotatable bonds is 24. The molecule has 10 heteroatoms. The average Bonchev–Trinajstić information content (AvgIpc) is 2.83. The minimum Gasteiger partial charge on any atom is -0.462 e. The van der Waals surface area contributed by atoms with Crippen LogP contribution in [0, 0.1) is 0 Å². The Hall–Kier alpha value is -1.25. The fourth-order valence-electron chi connectivity index (χ4n) is 3.14. The van der Waals surface area contributed by atoms with Crippen molar-refractivity contribution < 1.29 is 37.6 Å². The summed E-state index contributed by atoms with van der Waals surface area (Å²) in [5, 5.41) is 0. The summed E-state index contributed by atoms with van der Waals surface area (Å²) in [6.45, 7) is 3.44. The van der Waals surface area contributed by atoms with E-state index < -0.39 is 32.5 Å². The molecular formula is C25H48NO8P. The second-order valence-electron chi connectivity index (χ2n) is 8.56. The maximum absolute atomic E-state index is 12.3. The zero-order valence-electron chi connectivity index (χ0n) is 21.8. The maximum Gasteiger partial charge on any atom is 0.472 e. The number of carbonyl (C=O) groups is 2. The van der Waals surface area contributed by atoms with Crippen LogP contribution in [-0.4, -0.2) is 49.3 Å². The van der Waals surface area contributed by atoms with Gasteiger partial charge in [0.25, 0.3) is 0 Å². The van der Waals surface area contributed by atoms with E-state index in [1.807, 2.05) is 6.92 Å². The predicted molar refractivity (Wildman–Crippen MR) is 137 cm³/mol. The zero-order chi connectivity index (χ0) is 26.2. The number of hydrogen-bond acceptors (Lipinski definition) is 8. The molecule has 206 valence electrons. The van der Waals surface area contributed by atoms with Crippen molar-refractivity contribution in [3.63, 3.8) is 0 Å². The third-order valence-electron chi connectivity index (χ3n) is 5.15. The first-order chi connectivity index (χ1) is 16.8. The van der Waals surface area contributed by atoms with Gasteiger partial charge in [0.1, 0.15) is 6.61 Å². The van der Waals surface area contributed by atoms with E-state index >= 15 is 0 Å². The fraction of sp³-hybridized carbons (Fsp3) is 0.840. The van der Waals surface area contributed by atoms with E-state index in [2.05, 4.69) is 23.6 Å². The van der Waals surface area contributed by atoms with E-state index in [0.29, 0.717) is 12.8 Å². The number of allylic oxidation sites excluding steroid dienone is 2. The van der Waals surface area contributed by atoms with Crippen LogP contribution in [0.4, 0.5) is 0 Å². The number of unbranched alkanes of at least 4 members (excludes halogenated alkanes) is 9. The van der Waals surface area contributed by atoms with Gasteiger partial charge in [0, 0.05) is 19.4 Å². The first-order valence-corrected chi connectivity index (χ1v) is 14.7. The topological polar surface area (TPSA) is 134 Å². The number of ether oxygens (including phenoxy) is 2. The van der Waals surface area contributed by atoms with Crippen LogP contribution in [0.2, 0.25) is 0 Å². The molecule has 0 saturated carbocycles. The van der Waals surface area contributed by atoms with Crippen LogP contribution in [0.25, 0.3) is 0 Å². The molecule has 0 heterocycles. The molecule has 0 aliphatic heterocycles. The predicted octanol–water partition coefficient (Wildman–Crippen LogP) is 5.59. The highest BCUT2D eigenvalue weighted by Crippen LogP contribution is 2.43. The van der Waals surface area contributed by atoms with E-state index in [9.17, 15) is 19.0 Å². The normalized spacial score (nSPS) is 14.1. The number of carbonyl (C=O) groups excluding carboxylic acids is 2. The molecule has 0 rings (SSSR count). The molecule has 0 saturated heterocycles. The fourth-order valence-corrected chi connectivity index (χ4v) is 3.91. The molecule has 0 fully saturated rings. The van der Waals surface area contributed by atoms with Gasteiger partial charge < -0.3 is 20.1 Å². The third-order valence-corrected chi connectivity index (χ3v) is 6.14. The van der Waals surface area contributed by atoms with Gasteiger partial charge in [-0.05, 0) is 32.1 Å². The summed E-state index contributed by atoms with van der Waals surface area (Å²) in [6.07, 6.45) is 16.2. The van der Waals surface area contributed by atoms with Crippen molar-refractivity contribution in [1.29, 1.82) is 0 Å². The summed E-state index contributed by atoms with van der Waals surface area (Å²) in [7, 11) is -4.34. The minimum atomic E-state index is -4.34. The Balaban J connectivity index is 4.33. The molecule has 0 aliphatic carbocycles. The Morgan fingerprint density at radius 3 is 2.11 bits per heavy atom. The monoisotopic (exact) mass is 521 g/mol. The van der Waals surface area contributed by atoms with Crippen LogP contribution in [0.5, 0.6) is 0 Å². The van der Waals surface area contributed by atoms with Gasteiger partial charge in [-0.1, -0.05) is 70.9 Å². The number of nitrogens with two attached hydrogens (primary N) is 1. The lowest BCUT2D eigenvalue weighted by atomic mass is 10.1. The molecule has 2 unspecified atom stereocenters. The van der Waals surface area contributed by atoms with Gasteiger partial charge in [-0.25, -0.2) is 4.57 Å². The van der Waals surface area contributed by atoms with E-state index in [1.54, 1.807) is 0 Å². The van der Waals surface area contributed by atoms with Crippen LogP contribution in [0.3, 0.4) is 0 Å².